The van der Waals surface area contributed by atoms with E-state index in [0.29, 0.717) is 23.9 Å². The molecule has 118 valence electrons. The first-order chi connectivity index (χ1) is 11.2. The third-order valence-corrected chi connectivity index (χ3v) is 4.30. The molecule has 0 radical (unpaired) electrons. The van der Waals surface area contributed by atoms with Crippen molar-refractivity contribution < 1.29 is 9.21 Å². The third-order valence-electron chi connectivity index (χ3n) is 4.30. The van der Waals surface area contributed by atoms with Crippen LogP contribution in [0.2, 0.25) is 0 Å². The molecule has 1 amide bonds. The molecule has 1 atom stereocenters. The topological polar surface area (TPSA) is 76.5 Å². The van der Waals surface area contributed by atoms with Crippen LogP contribution in [0, 0.1) is 6.92 Å². The lowest BCUT2D eigenvalue weighted by Crippen LogP contribution is -2.39. The van der Waals surface area contributed by atoms with E-state index in [1.807, 2.05) is 21.6 Å². The van der Waals surface area contributed by atoms with Gasteiger partial charge in [-0.25, -0.2) is 15.0 Å². The highest BCUT2D eigenvalue weighted by molar-refractivity contribution is 5.92. The predicted octanol–water partition coefficient (Wildman–Crippen LogP) is 2.05. The van der Waals surface area contributed by atoms with Crippen LogP contribution < -0.4 is 0 Å². The first-order valence-electron chi connectivity index (χ1n) is 7.72. The Bertz CT molecular complexity index is 853. The van der Waals surface area contributed by atoms with Gasteiger partial charge in [-0.3, -0.25) is 9.20 Å². The number of nitrogens with zero attached hydrogens (tertiary/aromatic N) is 5. The Labute approximate surface area is 133 Å². The summed E-state index contributed by atoms with van der Waals surface area (Å²) in [7, 11) is 0. The Morgan fingerprint density at radius 3 is 3.04 bits per heavy atom. The third kappa shape index (κ3) is 2.48. The van der Waals surface area contributed by atoms with Crippen molar-refractivity contribution in [3.8, 4) is 0 Å². The van der Waals surface area contributed by atoms with Gasteiger partial charge in [-0.1, -0.05) is 0 Å². The van der Waals surface area contributed by atoms with Gasteiger partial charge < -0.3 is 9.32 Å². The van der Waals surface area contributed by atoms with Crippen molar-refractivity contribution >= 4 is 11.7 Å². The van der Waals surface area contributed by atoms with Gasteiger partial charge in [-0.05, 0) is 18.9 Å². The van der Waals surface area contributed by atoms with Crippen LogP contribution in [0.15, 0.2) is 35.3 Å². The minimum atomic E-state index is -0.0671. The van der Waals surface area contributed by atoms with E-state index in [1.165, 1.54) is 6.26 Å². The van der Waals surface area contributed by atoms with Gasteiger partial charge in [-0.2, -0.15) is 0 Å². The Balaban J connectivity index is 1.60. The van der Waals surface area contributed by atoms with Crippen molar-refractivity contribution in [3.63, 3.8) is 0 Å². The first kappa shape index (κ1) is 13.9. The maximum absolute atomic E-state index is 12.6. The number of fused-ring (bicyclic) bond motifs is 1. The van der Waals surface area contributed by atoms with Crippen LogP contribution in [0.5, 0.6) is 0 Å². The number of amides is 1. The van der Waals surface area contributed by atoms with Gasteiger partial charge >= 0.3 is 0 Å². The monoisotopic (exact) mass is 311 g/mol. The fourth-order valence-electron chi connectivity index (χ4n) is 3.21. The maximum atomic E-state index is 12.6. The average Bonchev–Trinajstić information content (AvgIpc) is 3.22. The van der Waals surface area contributed by atoms with Crippen molar-refractivity contribution in [1.82, 2.24) is 24.3 Å². The summed E-state index contributed by atoms with van der Waals surface area (Å²) in [5.74, 6) is 1.40. The number of aromatic nitrogens is 4. The molecule has 1 saturated heterocycles. The molecule has 0 spiro atoms. The Morgan fingerprint density at radius 2 is 2.22 bits per heavy atom. The lowest BCUT2D eigenvalue weighted by atomic mass is 9.94. The predicted molar refractivity (Wildman–Crippen MR) is 82.1 cm³/mol. The fourth-order valence-corrected chi connectivity index (χ4v) is 3.21. The smallest absolute Gasteiger partial charge is 0.275 e. The highest BCUT2D eigenvalue weighted by Gasteiger charge is 2.28. The molecule has 0 aliphatic carbocycles. The van der Waals surface area contributed by atoms with E-state index < -0.39 is 0 Å². The molecule has 0 bridgehead atoms. The van der Waals surface area contributed by atoms with E-state index in [9.17, 15) is 4.79 Å². The van der Waals surface area contributed by atoms with Crippen LogP contribution in [0.4, 0.5) is 0 Å². The lowest BCUT2D eigenvalue weighted by molar-refractivity contribution is 0.0699. The Hall–Kier alpha value is -2.70. The second-order valence-electron chi connectivity index (χ2n) is 5.81. The van der Waals surface area contributed by atoms with E-state index in [1.54, 1.807) is 19.3 Å². The first-order valence-corrected chi connectivity index (χ1v) is 7.72. The van der Waals surface area contributed by atoms with Crippen LogP contribution in [0.3, 0.4) is 0 Å². The fraction of sp³-hybridized carbons (Fsp3) is 0.375. The summed E-state index contributed by atoms with van der Waals surface area (Å²) in [6.07, 6.45) is 8.88. The molecule has 23 heavy (non-hydrogen) atoms. The van der Waals surface area contributed by atoms with E-state index in [4.69, 9.17) is 4.42 Å². The number of hydrogen-bond donors (Lipinski definition) is 0. The van der Waals surface area contributed by atoms with Gasteiger partial charge in [-0.15, -0.1) is 0 Å². The number of aryl methyl sites for hydroxylation is 1. The van der Waals surface area contributed by atoms with Crippen molar-refractivity contribution in [2.75, 3.05) is 13.1 Å². The molecule has 7 heteroatoms. The van der Waals surface area contributed by atoms with Crippen LogP contribution in [0.1, 0.15) is 40.8 Å². The highest BCUT2D eigenvalue weighted by atomic mass is 16.3. The van der Waals surface area contributed by atoms with E-state index in [2.05, 4.69) is 15.0 Å². The van der Waals surface area contributed by atoms with Crippen LogP contribution >= 0.6 is 0 Å². The maximum Gasteiger partial charge on any atom is 0.275 e. The van der Waals surface area contributed by atoms with Crippen molar-refractivity contribution in [3.05, 3.63) is 48.2 Å². The van der Waals surface area contributed by atoms with Crippen molar-refractivity contribution in [1.29, 1.82) is 0 Å². The number of imidazole rings is 1. The van der Waals surface area contributed by atoms with Gasteiger partial charge in [0.05, 0.1) is 0 Å². The van der Waals surface area contributed by atoms with Gasteiger partial charge in [0.15, 0.2) is 11.6 Å². The molecule has 3 aromatic rings. The lowest BCUT2D eigenvalue weighted by Gasteiger charge is -2.32. The van der Waals surface area contributed by atoms with Crippen molar-refractivity contribution in [2.45, 2.75) is 25.7 Å². The number of carbonyl (C=O) groups excluding carboxylic acids is 1. The zero-order valence-electron chi connectivity index (χ0n) is 12.8. The molecule has 4 heterocycles. The summed E-state index contributed by atoms with van der Waals surface area (Å²) in [6, 6.07) is 2.01. The number of hydrogen-bond acceptors (Lipinski definition) is 5. The number of piperidine rings is 1. The number of rotatable bonds is 2. The molecule has 1 aliphatic rings. The summed E-state index contributed by atoms with van der Waals surface area (Å²) in [6.45, 7) is 3.16. The van der Waals surface area contributed by atoms with Crippen LogP contribution in [0.25, 0.3) is 5.78 Å². The molecule has 0 aromatic carbocycles. The molecule has 1 aliphatic heterocycles. The highest BCUT2D eigenvalue weighted by Crippen LogP contribution is 2.27. The van der Waals surface area contributed by atoms with E-state index in [0.717, 1.165) is 25.1 Å². The van der Waals surface area contributed by atoms with E-state index >= 15 is 0 Å². The summed E-state index contributed by atoms with van der Waals surface area (Å²) in [5, 5.41) is 0. The normalized spacial score (nSPS) is 18.5. The van der Waals surface area contributed by atoms with Gasteiger partial charge in [0.2, 0.25) is 5.78 Å². The average molecular weight is 311 g/mol. The van der Waals surface area contributed by atoms with Gasteiger partial charge in [0.25, 0.3) is 5.91 Å². The number of oxazole rings is 1. The largest absolute Gasteiger partial charge is 0.448 e. The van der Waals surface area contributed by atoms with E-state index in [-0.39, 0.29) is 11.8 Å². The molecule has 4 rings (SSSR count). The zero-order chi connectivity index (χ0) is 15.8. The summed E-state index contributed by atoms with van der Waals surface area (Å²) in [4.78, 5) is 27.1. The minimum absolute atomic E-state index is 0.0671. The Kier molecular flexibility index (Phi) is 3.33. The molecule has 3 aromatic heterocycles. The second-order valence-corrected chi connectivity index (χ2v) is 5.81. The summed E-state index contributed by atoms with van der Waals surface area (Å²) in [5.41, 5.74) is 1.52. The summed E-state index contributed by atoms with van der Waals surface area (Å²) < 4.78 is 7.15. The SMILES string of the molecule is Cc1nc(C(=O)N2CCC[C@H](c3ccnc4nccn34)C2)co1. The minimum Gasteiger partial charge on any atom is -0.448 e. The second kappa shape index (κ2) is 5.49. The number of carbonyl (C=O) groups is 1. The standard InChI is InChI=1S/C16H17N5O2/c1-11-19-13(10-23-11)15(22)20-7-2-3-12(9-20)14-4-5-17-16-18-6-8-21(14)16/h4-6,8,10,12H,2-3,7,9H2,1H3/t12-/m0/s1. The van der Waals surface area contributed by atoms with Crippen molar-refractivity contribution in [2.24, 2.45) is 0 Å². The quantitative estimate of drug-likeness (QED) is 0.724. The van der Waals surface area contributed by atoms with Gasteiger partial charge in [0, 0.05) is 50.2 Å². The molecular weight excluding hydrogens is 294 g/mol. The molecule has 0 unspecified atom stereocenters. The zero-order valence-corrected chi connectivity index (χ0v) is 12.8. The Morgan fingerprint density at radius 1 is 1.35 bits per heavy atom. The molecule has 7 nitrogen and oxygen atoms in total. The van der Waals surface area contributed by atoms with Crippen LogP contribution in [-0.2, 0) is 0 Å². The molecular formula is C16H17N5O2. The van der Waals surface area contributed by atoms with Gasteiger partial charge in [0.1, 0.15) is 6.26 Å². The molecule has 0 N–H and O–H groups in total. The molecule has 0 saturated carbocycles. The molecule has 1 fully saturated rings. The van der Waals surface area contributed by atoms with Crippen LogP contribution in [-0.4, -0.2) is 43.2 Å². The number of likely N-dealkylation sites (tertiary alicyclic amines) is 1. The summed E-state index contributed by atoms with van der Waals surface area (Å²) >= 11 is 0.